The van der Waals surface area contributed by atoms with Crippen LogP contribution in [-0.2, 0) is 9.59 Å². The Morgan fingerprint density at radius 1 is 1.32 bits per heavy atom. The summed E-state index contributed by atoms with van der Waals surface area (Å²) in [5, 5.41) is 0.565. The van der Waals surface area contributed by atoms with Crippen LogP contribution in [0.3, 0.4) is 0 Å². The van der Waals surface area contributed by atoms with E-state index in [-0.39, 0.29) is 18.4 Å². The van der Waals surface area contributed by atoms with E-state index in [1.54, 1.807) is 17.0 Å². The molecule has 0 aliphatic carbocycles. The van der Waals surface area contributed by atoms with Gasteiger partial charge in [0.25, 0.3) is 0 Å². The lowest BCUT2D eigenvalue weighted by molar-refractivity contribution is -0.130. The molecule has 5 nitrogen and oxygen atoms in total. The summed E-state index contributed by atoms with van der Waals surface area (Å²) in [6.07, 6.45) is 2.05. The first-order chi connectivity index (χ1) is 10.4. The number of likely N-dealkylation sites (tertiary alicyclic amines) is 1. The highest BCUT2D eigenvalue weighted by atomic mass is 35.5. The lowest BCUT2D eigenvalue weighted by Gasteiger charge is -2.26. The maximum absolute atomic E-state index is 12.4. The average Bonchev–Trinajstić information content (AvgIpc) is 3.01. The summed E-state index contributed by atoms with van der Waals surface area (Å²) in [4.78, 5) is 27.6. The van der Waals surface area contributed by atoms with Crippen LogP contribution in [0.1, 0.15) is 25.3 Å². The molecule has 0 bridgehead atoms. The van der Waals surface area contributed by atoms with Crippen molar-refractivity contribution in [2.24, 2.45) is 0 Å². The zero-order valence-electron chi connectivity index (χ0n) is 13.2. The molecule has 2 amide bonds. The third-order valence-corrected chi connectivity index (χ3v) is 4.29. The molecule has 1 heterocycles. The lowest BCUT2D eigenvalue weighted by atomic mass is 10.2. The maximum Gasteiger partial charge on any atom is 0.242 e. The smallest absolute Gasteiger partial charge is 0.242 e. The standard InChI is InChI=1S/C16H21ClN2O3/c1-11-8-14(15(22-3)9-13(11)17)19(12(2)20)10-16(21)18-6-4-5-7-18/h8-9H,4-7,10H2,1-3H3. The predicted octanol–water partition coefficient (Wildman–Crippen LogP) is 2.63. The molecular weight excluding hydrogens is 304 g/mol. The number of ether oxygens (including phenoxy) is 1. The zero-order chi connectivity index (χ0) is 16.3. The van der Waals surface area contributed by atoms with Crippen molar-refractivity contribution in [1.82, 2.24) is 4.90 Å². The minimum Gasteiger partial charge on any atom is -0.495 e. The number of carbonyl (C=O) groups is 2. The van der Waals surface area contributed by atoms with Gasteiger partial charge in [0.15, 0.2) is 0 Å². The maximum atomic E-state index is 12.4. The number of rotatable bonds is 4. The van der Waals surface area contributed by atoms with Crippen LogP contribution in [0.25, 0.3) is 0 Å². The van der Waals surface area contributed by atoms with Gasteiger partial charge in [0.05, 0.1) is 12.8 Å². The van der Waals surface area contributed by atoms with Crippen molar-refractivity contribution >= 4 is 29.1 Å². The van der Waals surface area contributed by atoms with E-state index in [4.69, 9.17) is 16.3 Å². The van der Waals surface area contributed by atoms with Crippen LogP contribution in [0.15, 0.2) is 12.1 Å². The fraction of sp³-hybridized carbons (Fsp3) is 0.500. The molecule has 0 radical (unpaired) electrons. The molecule has 6 heteroatoms. The third-order valence-electron chi connectivity index (χ3n) is 3.88. The second kappa shape index (κ2) is 7.01. The number of aryl methyl sites for hydroxylation is 1. The van der Waals surface area contributed by atoms with Crippen molar-refractivity contribution in [1.29, 1.82) is 0 Å². The SMILES string of the molecule is COc1cc(Cl)c(C)cc1N(CC(=O)N1CCCC1)C(C)=O. The van der Waals surface area contributed by atoms with E-state index in [0.29, 0.717) is 16.5 Å². The minimum atomic E-state index is -0.201. The van der Waals surface area contributed by atoms with Gasteiger partial charge >= 0.3 is 0 Å². The highest BCUT2D eigenvalue weighted by molar-refractivity contribution is 6.31. The Bertz CT molecular complexity index is 583. The fourth-order valence-electron chi connectivity index (χ4n) is 2.59. The van der Waals surface area contributed by atoms with E-state index in [9.17, 15) is 9.59 Å². The number of hydrogen-bond donors (Lipinski definition) is 0. The monoisotopic (exact) mass is 324 g/mol. The Kier molecular flexibility index (Phi) is 5.29. The van der Waals surface area contributed by atoms with E-state index in [2.05, 4.69) is 0 Å². The Balaban J connectivity index is 2.29. The molecule has 1 aromatic carbocycles. The van der Waals surface area contributed by atoms with Gasteiger partial charge in [-0.1, -0.05) is 11.6 Å². The lowest BCUT2D eigenvalue weighted by Crippen LogP contribution is -2.41. The number of carbonyl (C=O) groups excluding carboxylic acids is 2. The van der Waals surface area contributed by atoms with Crippen LogP contribution in [0, 0.1) is 6.92 Å². The van der Waals surface area contributed by atoms with Gasteiger partial charge in [-0.15, -0.1) is 0 Å². The minimum absolute atomic E-state index is 0.0206. The number of methoxy groups -OCH3 is 1. The number of hydrogen-bond acceptors (Lipinski definition) is 3. The first kappa shape index (κ1) is 16.6. The summed E-state index contributed by atoms with van der Waals surface area (Å²) >= 11 is 6.10. The molecule has 1 fully saturated rings. The molecule has 22 heavy (non-hydrogen) atoms. The van der Waals surface area contributed by atoms with Crippen molar-refractivity contribution in [2.75, 3.05) is 31.6 Å². The molecule has 0 aromatic heterocycles. The number of halogens is 1. The second-order valence-electron chi connectivity index (χ2n) is 5.47. The van der Waals surface area contributed by atoms with Gasteiger partial charge in [0.1, 0.15) is 12.3 Å². The predicted molar refractivity (Wildman–Crippen MR) is 86.6 cm³/mol. The summed E-state index contributed by atoms with van der Waals surface area (Å²) in [6.45, 7) is 4.85. The molecule has 0 spiro atoms. The zero-order valence-corrected chi connectivity index (χ0v) is 13.9. The number of anilines is 1. The van der Waals surface area contributed by atoms with E-state index in [1.807, 2.05) is 6.92 Å². The molecule has 0 saturated carbocycles. The molecule has 2 rings (SSSR count). The van der Waals surface area contributed by atoms with Crippen LogP contribution in [0.5, 0.6) is 5.75 Å². The van der Waals surface area contributed by atoms with E-state index < -0.39 is 0 Å². The largest absolute Gasteiger partial charge is 0.495 e. The molecule has 0 atom stereocenters. The Hall–Kier alpha value is -1.75. The van der Waals surface area contributed by atoms with Gasteiger partial charge in [0.2, 0.25) is 11.8 Å². The van der Waals surface area contributed by atoms with E-state index in [1.165, 1.54) is 18.9 Å². The molecule has 1 saturated heterocycles. The summed E-state index contributed by atoms with van der Waals surface area (Å²) in [5.74, 6) is 0.245. The highest BCUT2D eigenvalue weighted by Gasteiger charge is 2.25. The van der Waals surface area contributed by atoms with Gasteiger partial charge in [-0.2, -0.15) is 0 Å². The third kappa shape index (κ3) is 3.53. The number of amides is 2. The van der Waals surface area contributed by atoms with Crippen LogP contribution >= 0.6 is 11.6 Å². The van der Waals surface area contributed by atoms with E-state index >= 15 is 0 Å². The normalized spacial score (nSPS) is 14.1. The van der Waals surface area contributed by atoms with Crippen molar-refractivity contribution in [3.8, 4) is 5.75 Å². The average molecular weight is 325 g/mol. The first-order valence-corrected chi connectivity index (χ1v) is 7.72. The quantitative estimate of drug-likeness (QED) is 0.855. The Morgan fingerprint density at radius 2 is 1.95 bits per heavy atom. The van der Waals surface area contributed by atoms with Gasteiger partial charge in [-0.05, 0) is 31.4 Å². The molecule has 0 unspecified atom stereocenters. The topological polar surface area (TPSA) is 49.9 Å². The highest BCUT2D eigenvalue weighted by Crippen LogP contribution is 2.34. The molecular formula is C16H21ClN2O3. The first-order valence-electron chi connectivity index (χ1n) is 7.34. The van der Waals surface area contributed by atoms with Crippen molar-refractivity contribution in [2.45, 2.75) is 26.7 Å². The summed E-state index contributed by atoms with van der Waals surface area (Å²) in [7, 11) is 1.52. The Labute approximate surface area is 135 Å². The van der Waals surface area contributed by atoms with Gasteiger partial charge in [0, 0.05) is 31.1 Å². The van der Waals surface area contributed by atoms with Crippen LogP contribution in [-0.4, -0.2) is 43.5 Å². The van der Waals surface area contributed by atoms with Crippen LogP contribution in [0.4, 0.5) is 5.69 Å². The van der Waals surface area contributed by atoms with Crippen molar-refractivity contribution < 1.29 is 14.3 Å². The molecule has 1 aromatic rings. The van der Waals surface area contributed by atoms with Crippen LogP contribution < -0.4 is 9.64 Å². The second-order valence-corrected chi connectivity index (χ2v) is 5.87. The summed E-state index contributed by atoms with van der Waals surface area (Å²) in [5.41, 5.74) is 1.40. The number of benzene rings is 1. The molecule has 1 aliphatic heterocycles. The van der Waals surface area contributed by atoms with Crippen LogP contribution in [0.2, 0.25) is 5.02 Å². The van der Waals surface area contributed by atoms with E-state index in [0.717, 1.165) is 31.5 Å². The molecule has 0 N–H and O–H groups in total. The Morgan fingerprint density at radius 3 is 2.50 bits per heavy atom. The van der Waals surface area contributed by atoms with Gasteiger partial charge in [-0.3, -0.25) is 14.5 Å². The fourth-order valence-corrected chi connectivity index (χ4v) is 2.74. The van der Waals surface area contributed by atoms with Crippen molar-refractivity contribution in [3.63, 3.8) is 0 Å². The number of nitrogens with zero attached hydrogens (tertiary/aromatic N) is 2. The molecule has 1 aliphatic rings. The van der Waals surface area contributed by atoms with Gasteiger partial charge < -0.3 is 9.64 Å². The summed E-state index contributed by atoms with van der Waals surface area (Å²) < 4.78 is 5.32. The molecule has 120 valence electrons. The van der Waals surface area contributed by atoms with Gasteiger partial charge in [-0.25, -0.2) is 0 Å². The summed E-state index contributed by atoms with van der Waals surface area (Å²) in [6, 6.07) is 3.45. The van der Waals surface area contributed by atoms with Crippen molar-refractivity contribution in [3.05, 3.63) is 22.7 Å².